The van der Waals surface area contributed by atoms with Crippen molar-refractivity contribution in [3.8, 4) is 0 Å². The summed E-state index contributed by atoms with van der Waals surface area (Å²) < 4.78 is 0. The lowest BCUT2D eigenvalue weighted by Crippen LogP contribution is -2.59. The van der Waals surface area contributed by atoms with Crippen molar-refractivity contribution >= 4 is 11.7 Å². The van der Waals surface area contributed by atoms with Crippen LogP contribution in [0.25, 0.3) is 0 Å². The van der Waals surface area contributed by atoms with Crippen LogP contribution in [0, 0.1) is 0 Å². The average Bonchev–Trinajstić information content (AvgIpc) is 2.36. The zero-order chi connectivity index (χ0) is 14.5. The van der Waals surface area contributed by atoms with Gasteiger partial charge in [0.15, 0.2) is 0 Å². The molecule has 0 heterocycles. The van der Waals surface area contributed by atoms with E-state index in [4.69, 9.17) is 0 Å². The summed E-state index contributed by atoms with van der Waals surface area (Å²) in [6, 6.07) is 10.0. The number of hydrogen-bond donors (Lipinski definition) is 2. The SMILES string of the molecule is CCN(CC(C)(NC(C)C)C(=O)O)c1ccccc1. The van der Waals surface area contributed by atoms with E-state index >= 15 is 0 Å². The average molecular weight is 264 g/mol. The Morgan fingerprint density at radius 3 is 2.37 bits per heavy atom. The van der Waals surface area contributed by atoms with Crippen molar-refractivity contribution in [2.75, 3.05) is 18.0 Å². The monoisotopic (exact) mass is 264 g/mol. The standard InChI is InChI=1S/C15H24N2O2/c1-5-17(13-9-7-6-8-10-13)11-15(4,14(18)19)16-12(2)3/h6-10,12,16H,5,11H2,1-4H3,(H,18,19). The van der Waals surface area contributed by atoms with Gasteiger partial charge in [0.1, 0.15) is 5.54 Å². The van der Waals surface area contributed by atoms with Gasteiger partial charge in [-0.05, 0) is 39.8 Å². The van der Waals surface area contributed by atoms with E-state index in [1.165, 1.54) is 0 Å². The molecule has 0 aliphatic rings. The lowest BCUT2D eigenvalue weighted by molar-refractivity contribution is -0.144. The molecule has 0 aliphatic heterocycles. The zero-order valence-corrected chi connectivity index (χ0v) is 12.2. The second kappa shape index (κ2) is 6.57. The molecule has 0 bridgehead atoms. The number of benzene rings is 1. The molecule has 106 valence electrons. The Kier molecular flexibility index (Phi) is 5.36. The molecular weight excluding hydrogens is 240 g/mol. The highest BCUT2D eigenvalue weighted by Gasteiger charge is 2.35. The number of para-hydroxylation sites is 1. The molecule has 0 aliphatic carbocycles. The molecule has 0 saturated carbocycles. The Balaban J connectivity index is 2.91. The first kappa shape index (κ1) is 15.5. The maximum absolute atomic E-state index is 11.6. The Labute approximate surface area is 115 Å². The molecule has 1 unspecified atom stereocenters. The number of carboxylic acid groups (broad SMARTS) is 1. The van der Waals surface area contributed by atoms with Gasteiger partial charge in [0.2, 0.25) is 0 Å². The van der Waals surface area contributed by atoms with Crippen LogP contribution in [0.1, 0.15) is 27.7 Å². The Morgan fingerprint density at radius 2 is 1.95 bits per heavy atom. The topological polar surface area (TPSA) is 52.6 Å². The molecule has 1 aromatic rings. The van der Waals surface area contributed by atoms with E-state index < -0.39 is 11.5 Å². The van der Waals surface area contributed by atoms with Crippen molar-refractivity contribution in [2.45, 2.75) is 39.3 Å². The minimum atomic E-state index is -0.958. The summed E-state index contributed by atoms with van der Waals surface area (Å²) in [7, 11) is 0. The van der Waals surface area contributed by atoms with Crippen LogP contribution in [-0.2, 0) is 4.79 Å². The normalized spacial score (nSPS) is 14.2. The maximum Gasteiger partial charge on any atom is 0.325 e. The number of carboxylic acids is 1. The van der Waals surface area contributed by atoms with E-state index in [2.05, 4.69) is 10.2 Å². The molecule has 4 nitrogen and oxygen atoms in total. The van der Waals surface area contributed by atoms with Crippen LogP contribution < -0.4 is 10.2 Å². The number of nitrogens with zero attached hydrogens (tertiary/aromatic N) is 1. The molecule has 0 saturated heterocycles. The van der Waals surface area contributed by atoms with Crippen molar-refractivity contribution < 1.29 is 9.90 Å². The first-order valence-corrected chi connectivity index (χ1v) is 6.70. The highest BCUT2D eigenvalue weighted by Crippen LogP contribution is 2.17. The van der Waals surface area contributed by atoms with Crippen molar-refractivity contribution in [2.24, 2.45) is 0 Å². The number of carbonyl (C=O) groups is 1. The molecule has 0 amide bonds. The molecule has 4 heteroatoms. The predicted molar refractivity (Wildman–Crippen MR) is 78.6 cm³/mol. The highest BCUT2D eigenvalue weighted by molar-refractivity contribution is 5.79. The van der Waals surface area contributed by atoms with Crippen molar-refractivity contribution in [3.63, 3.8) is 0 Å². The molecule has 0 spiro atoms. The zero-order valence-electron chi connectivity index (χ0n) is 12.2. The van der Waals surface area contributed by atoms with Crippen LogP contribution in [0.5, 0.6) is 0 Å². The summed E-state index contributed by atoms with van der Waals surface area (Å²) in [5.41, 5.74) is 0.0862. The first-order chi connectivity index (χ1) is 8.89. The van der Waals surface area contributed by atoms with E-state index in [0.717, 1.165) is 12.2 Å². The summed E-state index contributed by atoms with van der Waals surface area (Å²) in [6.45, 7) is 8.89. The molecule has 19 heavy (non-hydrogen) atoms. The third-order valence-corrected chi connectivity index (χ3v) is 3.09. The van der Waals surface area contributed by atoms with Crippen LogP contribution in [0.4, 0.5) is 5.69 Å². The van der Waals surface area contributed by atoms with E-state index in [0.29, 0.717) is 6.54 Å². The van der Waals surface area contributed by atoms with Crippen LogP contribution in [-0.4, -0.2) is 35.7 Å². The van der Waals surface area contributed by atoms with Gasteiger partial charge in [-0.3, -0.25) is 10.1 Å². The second-order valence-electron chi connectivity index (χ2n) is 5.29. The molecule has 2 N–H and O–H groups in total. The van der Waals surface area contributed by atoms with E-state index in [-0.39, 0.29) is 6.04 Å². The minimum Gasteiger partial charge on any atom is -0.480 e. The van der Waals surface area contributed by atoms with Gasteiger partial charge in [-0.2, -0.15) is 0 Å². The van der Waals surface area contributed by atoms with Crippen LogP contribution in [0.15, 0.2) is 30.3 Å². The number of nitrogens with one attached hydrogen (secondary N) is 1. The summed E-state index contributed by atoms with van der Waals surface area (Å²) in [5, 5.41) is 12.6. The number of hydrogen-bond acceptors (Lipinski definition) is 3. The van der Waals surface area contributed by atoms with E-state index in [1.54, 1.807) is 6.92 Å². The van der Waals surface area contributed by atoms with Crippen LogP contribution in [0.2, 0.25) is 0 Å². The molecule has 0 fully saturated rings. The molecule has 0 radical (unpaired) electrons. The van der Waals surface area contributed by atoms with E-state index in [9.17, 15) is 9.90 Å². The summed E-state index contributed by atoms with van der Waals surface area (Å²) in [4.78, 5) is 13.6. The fraction of sp³-hybridized carbons (Fsp3) is 0.533. The van der Waals surface area contributed by atoms with Crippen LogP contribution >= 0.6 is 0 Å². The number of anilines is 1. The lowest BCUT2D eigenvalue weighted by atomic mass is 10.00. The Bertz CT molecular complexity index is 406. The fourth-order valence-electron chi connectivity index (χ4n) is 2.22. The third-order valence-electron chi connectivity index (χ3n) is 3.09. The van der Waals surface area contributed by atoms with Gasteiger partial charge < -0.3 is 10.0 Å². The molecule has 1 aromatic carbocycles. The summed E-state index contributed by atoms with van der Waals surface area (Å²) in [6.07, 6.45) is 0. The van der Waals surface area contributed by atoms with Gasteiger partial charge in [0.05, 0.1) is 0 Å². The third kappa shape index (κ3) is 4.24. The number of likely N-dealkylation sites (N-methyl/N-ethyl adjacent to an activating group) is 1. The number of rotatable bonds is 7. The van der Waals surface area contributed by atoms with Gasteiger partial charge in [0.25, 0.3) is 0 Å². The first-order valence-electron chi connectivity index (χ1n) is 6.70. The largest absolute Gasteiger partial charge is 0.480 e. The minimum absolute atomic E-state index is 0.121. The van der Waals surface area contributed by atoms with Gasteiger partial charge in [0, 0.05) is 24.8 Å². The summed E-state index contributed by atoms with van der Waals surface area (Å²) in [5.74, 6) is -0.824. The van der Waals surface area contributed by atoms with Gasteiger partial charge in [-0.25, -0.2) is 0 Å². The van der Waals surface area contributed by atoms with Crippen molar-refractivity contribution in [3.05, 3.63) is 30.3 Å². The quantitative estimate of drug-likeness (QED) is 0.794. The number of aliphatic carboxylic acids is 1. The molecule has 0 aromatic heterocycles. The van der Waals surface area contributed by atoms with E-state index in [1.807, 2.05) is 51.1 Å². The summed E-state index contributed by atoms with van der Waals surface area (Å²) >= 11 is 0. The lowest BCUT2D eigenvalue weighted by Gasteiger charge is -2.35. The smallest absolute Gasteiger partial charge is 0.325 e. The second-order valence-corrected chi connectivity index (χ2v) is 5.29. The molecular formula is C15H24N2O2. The Morgan fingerprint density at radius 1 is 1.37 bits per heavy atom. The van der Waals surface area contributed by atoms with Crippen LogP contribution in [0.3, 0.4) is 0 Å². The van der Waals surface area contributed by atoms with Crippen molar-refractivity contribution in [1.82, 2.24) is 5.32 Å². The maximum atomic E-state index is 11.6. The van der Waals surface area contributed by atoms with Gasteiger partial charge in [-0.1, -0.05) is 18.2 Å². The van der Waals surface area contributed by atoms with Crippen molar-refractivity contribution in [1.29, 1.82) is 0 Å². The van der Waals surface area contributed by atoms with Gasteiger partial charge >= 0.3 is 5.97 Å². The highest BCUT2D eigenvalue weighted by atomic mass is 16.4. The molecule has 1 rings (SSSR count). The Hall–Kier alpha value is -1.55. The fourth-order valence-corrected chi connectivity index (χ4v) is 2.22. The van der Waals surface area contributed by atoms with Gasteiger partial charge in [-0.15, -0.1) is 0 Å². The molecule has 1 atom stereocenters. The predicted octanol–water partition coefficient (Wildman–Crippen LogP) is 2.35.